The van der Waals surface area contributed by atoms with Crippen molar-refractivity contribution < 1.29 is 18.5 Å². The van der Waals surface area contributed by atoms with Crippen molar-refractivity contribution in [3.05, 3.63) is 39.4 Å². The molecule has 1 atom stereocenters. The molecule has 5 nitrogen and oxygen atoms in total. The number of carbonyl (C=O) groups is 1. The predicted octanol–water partition coefficient (Wildman–Crippen LogP) is 3.56. The predicted molar refractivity (Wildman–Crippen MR) is 77.6 cm³/mol. The molecule has 0 aliphatic heterocycles. The summed E-state index contributed by atoms with van der Waals surface area (Å²) in [5.41, 5.74) is -2.34. The molecule has 1 amide bonds. The second-order valence-corrected chi connectivity index (χ2v) is 5.64. The zero-order valence-corrected chi connectivity index (χ0v) is 13.2. The van der Waals surface area contributed by atoms with Crippen LogP contribution >= 0.6 is 15.9 Å². The van der Waals surface area contributed by atoms with Crippen molar-refractivity contribution in [3.8, 4) is 0 Å². The van der Waals surface area contributed by atoms with Gasteiger partial charge in [-0.2, -0.15) is 4.39 Å². The number of nitrogens with one attached hydrogen (secondary N) is 1. The molecule has 0 saturated heterocycles. The van der Waals surface area contributed by atoms with Crippen molar-refractivity contribution in [2.75, 3.05) is 5.33 Å². The molecule has 116 valence electrons. The minimum Gasteiger partial charge on any atom is -0.347 e. The number of carbonyl (C=O) groups excluding carboxylic acids is 1. The number of rotatable bonds is 6. The van der Waals surface area contributed by atoms with Crippen LogP contribution in [0.15, 0.2) is 12.1 Å². The molecule has 21 heavy (non-hydrogen) atoms. The highest BCUT2D eigenvalue weighted by Crippen LogP contribution is 2.24. The number of halogens is 3. The quantitative estimate of drug-likeness (QED) is 0.476. The third kappa shape index (κ3) is 4.20. The third-order valence-corrected chi connectivity index (χ3v) is 3.70. The summed E-state index contributed by atoms with van der Waals surface area (Å²) in [6.07, 6.45) is 1.15. The van der Waals surface area contributed by atoms with Crippen LogP contribution in [-0.2, 0) is 0 Å². The van der Waals surface area contributed by atoms with Gasteiger partial charge in [0.1, 0.15) is 5.82 Å². The Morgan fingerprint density at radius 2 is 2.10 bits per heavy atom. The maximum Gasteiger partial charge on any atom is 0.308 e. The summed E-state index contributed by atoms with van der Waals surface area (Å²) in [5.74, 6) is -3.25. The number of benzene rings is 1. The van der Waals surface area contributed by atoms with Gasteiger partial charge in [-0.05, 0) is 25.8 Å². The fourth-order valence-corrected chi connectivity index (χ4v) is 2.63. The van der Waals surface area contributed by atoms with Gasteiger partial charge >= 0.3 is 5.69 Å². The van der Waals surface area contributed by atoms with Crippen molar-refractivity contribution in [2.24, 2.45) is 0 Å². The van der Waals surface area contributed by atoms with Gasteiger partial charge in [-0.3, -0.25) is 14.9 Å². The molecule has 1 N–H and O–H groups in total. The van der Waals surface area contributed by atoms with Gasteiger partial charge in [-0.25, -0.2) is 4.39 Å². The van der Waals surface area contributed by atoms with Crippen molar-refractivity contribution in [3.63, 3.8) is 0 Å². The normalized spacial score (nSPS) is 13.6. The summed E-state index contributed by atoms with van der Waals surface area (Å²) in [7, 11) is 0. The number of hydrogen-bond acceptors (Lipinski definition) is 3. The second kappa shape index (κ2) is 6.93. The van der Waals surface area contributed by atoms with E-state index in [0.717, 1.165) is 0 Å². The summed E-state index contributed by atoms with van der Waals surface area (Å²) in [6.45, 7) is 3.60. The van der Waals surface area contributed by atoms with Gasteiger partial charge in [0, 0.05) is 10.9 Å². The molecule has 8 heteroatoms. The number of amides is 1. The topological polar surface area (TPSA) is 72.2 Å². The number of hydrogen-bond donors (Lipinski definition) is 1. The van der Waals surface area contributed by atoms with Crippen molar-refractivity contribution in [1.29, 1.82) is 0 Å². The van der Waals surface area contributed by atoms with E-state index in [1.165, 1.54) is 0 Å². The second-order valence-electron chi connectivity index (χ2n) is 4.85. The lowest BCUT2D eigenvalue weighted by molar-refractivity contribution is -0.387. The molecule has 0 radical (unpaired) electrons. The van der Waals surface area contributed by atoms with Crippen LogP contribution in [-0.4, -0.2) is 21.7 Å². The van der Waals surface area contributed by atoms with E-state index < -0.39 is 39.3 Å². The summed E-state index contributed by atoms with van der Waals surface area (Å²) in [6, 6.07) is 1.10. The highest BCUT2D eigenvalue weighted by atomic mass is 79.9. The monoisotopic (exact) mass is 364 g/mol. The number of nitrogens with zero attached hydrogens (tertiary/aromatic N) is 1. The van der Waals surface area contributed by atoms with Gasteiger partial charge in [0.25, 0.3) is 5.91 Å². The van der Waals surface area contributed by atoms with Gasteiger partial charge in [0.15, 0.2) is 0 Å². The summed E-state index contributed by atoms with van der Waals surface area (Å²) < 4.78 is 27.3. The van der Waals surface area contributed by atoms with Crippen LogP contribution in [0.3, 0.4) is 0 Å². The highest BCUT2D eigenvalue weighted by molar-refractivity contribution is 9.09. The first-order chi connectivity index (χ1) is 9.74. The fourth-order valence-electron chi connectivity index (χ4n) is 1.75. The van der Waals surface area contributed by atoms with Crippen molar-refractivity contribution in [1.82, 2.24) is 5.32 Å². The molecule has 1 unspecified atom stereocenters. The summed E-state index contributed by atoms with van der Waals surface area (Å²) in [4.78, 5) is 21.7. The average Bonchev–Trinajstić information content (AvgIpc) is 2.40. The van der Waals surface area contributed by atoms with Gasteiger partial charge < -0.3 is 5.32 Å². The Kier molecular flexibility index (Phi) is 5.77. The van der Waals surface area contributed by atoms with Crippen molar-refractivity contribution in [2.45, 2.75) is 32.2 Å². The molecule has 0 aromatic heterocycles. The number of nitro benzene ring substituents is 1. The Labute approximate surface area is 129 Å². The van der Waals surface area contributed by atoms with E-state index >= 15 is 0 Å². The zero-order chi connectivity index (χ0) is 16.2. The van der Waals surface area contributed by atoms with Crippen LogP contribution < -0.4 is 5.32 Å². The Morgan fingerprint density at radius 3 is 2.57 bits per heavy atom. The number of alkyl halides is 1. The first kappa shape index (κ1) is 17.5. The van der Waals surface area contributed by atoms with Crippen LogP contribution in [0.1, 0.15) is 37.0 Å². The number of nitro groups is 1. The summed E-state index contributed by atoms with van der Waals surface area (Å²) >= 11 is 3.25. The molecule has 0 saturated carbocycles. The first-order valence-corrected chi connectivity index (χ1v) is 7.38. The molecule has 1 aromatic rings. The minimum absolute atomic E-state index is 0.448. The van der Waals surface area contributed by atoms with Crippen LogP contribution in [0, 0.1) is 21.7 Å². The Morgan fingerprint density at radius 1 is 1.48 bits per heavy atom. The van der Waals surface area contributed by atoms with E-state index in [2.05, 4.69) is 21.2 Å². The van der Waals surface area contributed by atoms with Crippen LogP contribution in [0.5, 0.6) is 0 Å². The Hall–Kier alpha value is -1.57. The highest BCUT2D eigenvalue weighted by Gasteiger charge is 2.29. The molecular weight excluding hydrogens is 350 g/mol. The smallest absolute Gasteiger partial charge is 0.308 e. The molecule has 0 aliphatic rings. The van der Waals surface area contributed by atoms with Gasteiger partial charge in [-0.1, -0.05) is 22.9 Å². The van der Waals surface area contributed by atoms with E-state index in [4.69, 9.17) is 0 Å². The first-order valence-electron chi connectivity index (χ1n) is 6.26. The molecule has 0 aliphatic carbocycles. The standard InChI is InChI=1S/C13H15BrF2N2O3/c1-3-13(2,4-5-14)17-12(19)9-6-8(15)7-10(11(9)16)18(20)21/h6-7H,3-5H2,1-2H3,(H,17,19). The van der Waals surface area contributed by atoms with Crippen LogP contribution in [0.25, 0.3) is 0 Å². The summed E-state index contributed by atoms with van der Waals surface area (Å²) in [5, 5.41) is 13.9. The van der Waals surface area contributed by atoms with Gasteiger partial charge in [-0.15, -0.1) is 0 Å². The van der Waals surface area contributed by atoms with Crippen molar-refractivity contribution >= 4 is 27.5 Å². The van der Waals surface area contributed by atoms with Gasteiger partial charge in [0.2, 0.25) is 5.82 Å². The largest absolute Gasteiger partial charge is 0.347 e. The van der Waals surface area contributed by atoms with E-state index in [9.17, 15) is 23.7 Å². The lowest BCUT2D eigenvalue weighted by Crippen LogP contribution is -2.46. The Bertz CT molecular complexity index is 569. The SMILES string of the molecule is CCC(C)(CCBr)NC(=O)c1cc(F)cc([N+](=O)[O-])c1F. The van der Waals surface area contributed by atoms with Crippen LogP contribution in [0.4, 0.5) is 14.5 Å². The molecule has 1 rings (SSSR count). The average molecular weight is 365 g/mol. The molecule has 0 bridgehead atoms. The molecular formula is C13H15BrF2N2O3. The third-order valence-electron chi connectivity index (χ3n) is 3.30. The minimum atomic E-state index is -1.34. The lowest BCUT2D eigenvalue weighted by Gasteiger charge is -2.29. The maximum absolute atomic E-state index is 13.9. The van der Waals surface area contributed by atoms with E-state index in [1.807, 2.05) is 6.92 Å². The zero-order valence-electron chi connectivity index (χ0n) is 11.6. The maximum atomic E-state index is 13.9. The molecule has 1 aromatic carbocycles. The lowest BCUT2D eigenvalue weighted by atomic mass is 9.95. The van der Waals surface area contributed by atoms with Crippen LogP contribution in [0.2, 0.25) is 0 Å². The molecule has 0 fully saturated rings. The van der Waals surface area contributed by atoms with E-state index in [1.54, 1.807) is 6.92 Å². The molecule has 0 heterocycles. The van der Waals surface area contributed by atoms with E-state index in [-0.39, 0.29) is 0 Å². The fraction of sp³-hybridized carbons (Fsp3) is 0.462. The molecule has 0 spiro atoms. The Balaban J connectivity index is 3.16. The van der Waals surface area contributed by atoms with Gasteiger partial charge in [0.05, 0.1) is 16.6 Å². The van der Waals surface area contributed by atoms with E-state index in [0.29, 0.717) is 30.3 Å².